The van der Waals surface area contributed by atoms with E-state index in [9.17, 15) is 0 Å². The molecule has 0 spiro atoms. The van der Waals surface area contributed by atoms with E-state index in [-0.39, 0.29) is 5.41 Å². The van der Waals surface area contributed by atoms with Crippen molar-refractivity contribution in [3.8, 4) is 0 Å². The zero-order valence-corrected chi connectivity index (χ0v) is 9.92. The van der Waals surface area contributed by atoms with Crippen molar-refractivity contribution in [2.75, 3.05) is 26.8 Å². The van der Waals surface area contributed by atoms with Crippen molar-refractivity contribution in [3.63, 3.8) is 0 Å². The molecule has 0 aromatic rings. The summed E-state index contributed by atoms with van der Waals surface area (Å²) in [5, 5.41) is 0. The van der Waals surface area contributed by atoms with Crippen LogP contribution in [-0.4, -0.2) is 43.8 Å². The van der Waals surface area contributed by atoms with Crippen molar-refractivity contribution in [1.82, 2.24) is 4.90 Å². The van der Waals surface area contributed by atoms with Gasteiger partial charge >= 0.3 is 0 Å². The molecular weight excluding hydrogens is 176 g/mol. The highest BCUT2D eigenvalue weighted by Gasteiger charge is 2.34. The van der Waals surface area contributed by atoms with Gasteiger partial charge in [0, 0.05) is 32.3 Å². The quantitative estimate of drug-likeness (QED) is 0.741. The highest BCUT2D eigenvalue weighted by atomic mass is 16.5. The van der Waals surface area contributed by atoms with E-state index in [0.717, 1.165) is 26.1 Å². The molecular formula is C11H24N2O. The number of piperidine rings is 1. The third kappa shape index (κ3) is 2.69. The molecule has 1 aliphatic heterocycles. The molecule has 0 aromatic heterocycles. The molecule has 3 heteroatoms. The fraction of sp³-hybridized carbons (Fsp3) is 1.00. The fourth-order valence-corrected chi connectivity index (χ4v) is 2.14. The lowest BCUT2D eigenvalue weighted by Gasteiger charge is -2.44. The molecule has 1 saturated heterocycles. The van der Waals surface area contributed by atoms with Crippen LogP contribution < -0.4 is 5.73 Å². The number of methoxy groups -OCH3 is 1. The van der Waals surface area contributed by atoms with E-state index in [2.05, 4.69) is 25.7 Å². The lowest BCUT2D eigenvalue weighted by atomic mass is 9.79. The summed E-state index contributed by atoms with van der Waals surface area (Å²) in [4.78, 5) is 2.48. The molecule has 1 aliphatic rings. The minimum atomic E-state index is 0.236. The van der Waals surface area contributed by atoms with Gasteiger partial charge in [0.2, 0.25) is 0 Å². The van der Waals surface area contributed by atoms with Crippen LogP contribution in [0.3, 0.4) is 0 Å². The fourth-order valence-electron chi connectivity index (χ4n) is 2.14. The first-order valence-corrected chi connectivity index (χ1v) is 5.46. The Bertz CT molecular complexity index is 182. The normalized spacial score (nSPS) is 30.2. The number of hydrogen-bond acceptors (Lipinski definition) is 3. The van der Waals surface area contributed by atoms with Gasteiger partial charge in [-0.15, -0.1) is 0 Å². The summed E-state index contributed by atoms with van der Waals surface area (Å²) in [6, 6.07) is 0.847. The van der Waals surface area contributed by atoms with E-state index in [1.54, 1.807) is 7.11 Å². The zero-order chi connectivity index (χ0) is 10.8. The molecule has 0 aromatic carbocycles. The summed E-state index contributed by atoms with van der Waals surface area (Å²) in [5.74, 6) is 0. The second kappa shape index (κ2) is 4.60. The Balaban J connectivity index is 2.50. The lowest BCUT2D eigenvalue weighted by molar-refractivity contribution is 0.0323. The molecule has 1 rings (SSSR count). The third-order valence-electron chi connectivity index (χ3n) is 3.37. The summed E-state index contributed by atoms with van der Waals surface area (Å²) >= 11 is 0. The highest BCUT2D eigenvalue weighted by molar-refractivity contribution is 4.91. The van der Waals surface area contributed by atoms with Gasteiger partial charge in [-0.2, -0.15) is 0 Å². The summed E-state index contributed by atoms with van der Waals surface area (Å²) in [6.45, 7) is 9.72. The second-order valence-corrected chi connectivity index (χ2v) is 5.16. The van der Waals surface area contributed by atoms with Crippen LogP contribution in [0.5, 0.6) is 0 Å². The molecule has 84 valence electrons. The van der Waals surface area contributed by atoms with Crippen molar-refractivity contribution in [1.29, 1.82) is 0 Å². The molecule has 2 N–H and O–H groups in total. The van der Waals surface area contributed by atoms with Gasteiger partial charge in [-0.1, -0.05) is 13.8 Å². The van der Waals surface area contributed by atoms with Crippen LogP contribution in [0.1, 0.15) is 27.2 Å². The minimum Gasteiger partial charge on any atom is -0.383 e. The SMILES string of the molecule is COCC(C)N1CCC(N)C(C)(C)C1. The summed E-state index contributed by atoms with van der Waals surface area (Å²) in [7, 11) is 1.76. The number of nitrogens with zero attached hydrogens (tertiary/aromatic N) is 1. The van der Waals surface area contributed by atoms with Crippen molar-refractivity contribution in [2.45, 2.75) is 39.3 Å². The summed E-state index contributed by atoms with van der Waals surface area (Å²) < 4.78 is 5.18. The van der Waals surface area contributed by atoms with Gasteiger partial charge in [-0.05, 0) is 18.8 Å². The average Bonchev–Trinajstić information content (AvgIpc) is 2.10. The maximum Gasteiger partial charge on any atom is 0.0615 e. The topological polar surface area (TPSA) is 38.5 Å². The molecule has 1 fully saturated rings. The first kappa shape index (κ1) is 12.0. The number of ether oxygens (including phenoxy) is 1. The Morgan fingerprint density at radius 2 is 2.21 bits per heavy atom. The van der Waals surface area contributed by atoms with Crippen LogP contribution in [-0.2, 0) is 4.74 Å². The summed E-state index contributed by atoms with van der Waals surface area (Å²) in [5.41, 5.74) is 6.33. The van der Waals surface area contributed by atoms with Gasteiger partial charge in [-0.3, -0.25) is 4.90 Å². The Labute approximate surface area is 87.6 Å². The lowest BCUT2D eigenvalue weighted by Crippen LogP contribution is -2.55. The van der Waals surface area contributed by atoms with Gasteiger partial charge in [-0.25, -0.2) is 0 Å². The number of nitrogens with two attached hydrogens (primary N) is 1. The van der Waals surface area contributed by atoms with E-state index in [0.29, 0.717) is 12.1 Å². The molecule has 0 bridgehead atoms. The maximum atomic E-state index is 6.09. The van der Waals surface area contributed by atoms with Crippen LogP contribution in [0.15, 0.2) is 0 Å². The maximum absolute atomic E-state index is 6.09. The van der Waals surface area contributed by atoms with E-state index in [1.165, 1.54) is 0 Å². The second-order valence-electron chi connectivity index (χ2n) is 5.16. The van der Waals surface area contributed by atoms with Crippen molar-refractivity contribution >= 4 is 0 Å². The van der Waals surface area contributed by atoms with Crippen LogP contribution in [0.25, 0.3) is 0 Å². The van der Waals surface area contributed by atoms with Crippen molar-refractivity contribution < 1.29 is 4.74 Å². The van der Waals surface area contributed by atoms with E-state index < -0.39 is 0 Å². The summed E-state index contributed by atoms with van der Waals surface area (Å²) in [6.07, 6.45) is 1.10. The first-order chi connectivity index (χ1) is 6.47. The van der Waals surface area contributed by atoms with Gasteiger partial charge in [0.15, 0.2) is 0 Å². The molecule has 0 radical (unpaired) electrons. The Morgan fingerprint density at radius 1 is 1.57 bits per heavy atom. The van der Waals surface area contributed by atoms with Crippen molar-refractivity contribution in [3.05, 3.63) is 0 Å². The van der Waals surface area contributed by atoms with Gasteiger partial charge in [0.05, 0.1) is 6.61 Å². The van der Waals surface area contributed by atoms with Crippen LogP contribution in [0.4, 0.5) is 0 Å². The van der Waals surface area contributed by atoms with Crippen molar-refractivity contribution in [2.24, 2.45) is 11.1 Å². The predicted octanol–water partition coefficient (Wildman–Crippen LogP) is 1.08. The Hall–Kier alpha value is -0.120. The minimum absolute atomic E-state index is 0.236. The first-order valence-electron chi connectivity index (χ1n) is 5.46. The van der Waals surface area contributed by atoms with Crippen LogP contribution >= 0.6 is 0 Å². The molecule has 2 unspecified atom stereocenters. The number of hydrogen-bond donors (Lipinski definition) is 1. The van der Waals surface area contributed by atoms with Crippen LogP contribution in [0.2, 0.25) is 0 Å². The largest absolute Gasteiger partial charge is 0.383 e. The monoisotopic (exact) mass is 200 g/mol. The molecule has 0 saturated carbocycles. The van der Waals surface area contributed by atoms with Gasteiger partial charge in [0.25, 0.3) is 0 Å². The molecule has 14 heavy (non-hydrogen) atoms. The van der Waals surface area contributed by atoms with Gasteiger partial charge < -0.3 is 10.5 Å². The number of rotatable bonds is 3. The predicted molar refractivity (Wildman–Crippen MR) is 59.3 cm³/mol. The van der Waals surface area contributed by atoms with Crippen LogP contribution in [0, 0.1) is 5.41 Å². The molecule has 3 nitrogen and oxygen atoms in total. The average molecular weight is 200 g/mol. The third-order valence-corrected chi connectivity index (χ3v) is 3.37. The van der Waals surface area contributed by atoms with E-state index >= 15 is 0 Å². The highest BCUT2D eigenvalue weighted by Crippen LogP contribution is 2.28. The Morgan fingerprint density at radius 3 is 2.71 bits per heavy atom. The van der Waals surface area contributed by atoms with Gasteiger partial charge in [0.1, 0.15) is 0 Å². The molecule has 2 atom stereocenters. The molecule has 1 heterocycles. The standard InChI is InChI=1S/C11H24N2O/c1-9(7-14-4)13-6-5-10(12)11(2,3)8-13/h9-10H,5-8,12H2,1-4H3. The molecule has 0 aliphatic carbocycles. The zero-order valence-electron chi connectivity index (χ0n) is 9.92. The van der Waals surface area contributed by atoms with E-state index in [1.807, 2.05) is 0 Å². The molecule has 0 amide bonds. The smallest absolute Gasteiger partial charge is 0.0615 e. The Kier molecular flexibility index (Phi) is 3.93. The number of likely N-dealkylation sites (tertiary alicyclic amines) is 1. The van der Waals surface area contributed by atoms with E-state index in [4.69, 9.17) is 10.5 Å².